The van der Waals surface area contributed by atoms with E-state index in [9.17, 15) is 0 Å². The Morgan fingerprint density at radius 2 is 2.23 bits per heavy atom. The molecule has 1 aliphatic rings. The van der Waals surface area contributed by atoms with Gasteiger partial charge in [-0.25, -0.2) is 0 Å². The van der Waals surface area contributed by atoms with Gasteiger partial charge in [0.05, 0.1) is 25.9 Å². The molecule has 1 N–H and O–H groups in total. The minimum Gasteiger partial charge on any atom is -0.377 e. The number of ether oxygens (including phenoxy) is 2. The maximum absolute atomic E-state index is 5.48. The lowest BCUT2D eigenvalue weighted by Gasteiger charge is -2.11. The lowest BCUT2D eigenvalue weighted by molar-refractivity contribution is 0.0151. The maximum Gasteiger partial charge on any atom is 0.0703 e. The zero-order chi connectivity index (χ0) is 9.52. The van der Waals surface area contributed by atoms with E-state index in [1.165, 1.54) is 12.8 Å². The van der Waals surface area contributed by atoms with E-state index in [1.54, 1.807) is 0 Å². The molecule has 78 valence electrons. The Labute approximate surface area is 80.8 Å². The summed E-state index contributed by atoms with van der Waals surface area (Å²) in [6.07, 6.45) is 2.86. The summed E-state index contributed by atoms with van der Waals surface area (Å²) >= 11 is 0. The van der Waals surface area contributed by atoms with Crippen LogP contribution in [0.1, 0.15) is 26.7 Å². The van der Waals surface area contributed by atoms with Crippen LogP contribution in [0, 0.1) is 0 Å². The fourth-order valence-electron chi connectivity index (χ4n) is 1.47. The Morgan fingerprint density at radius 3 is 2.85 bits per heavy atom. The van der Waals surface area contributed by atoms with Gasteiger partial charge < -0.3 is 14.8 Å². The molecule has 0 aliphatic carbocycles. The average molecular weight is 187 g/mol. The van der Waals surface area contributed by atoms with Gasteiger partial charge in [0.15, 0.2) is 0 Å². The molecular weight excluding hydrogens is 166 g/mol. The highest BCUT2D eigenvalue weighted by atomic mass is 16.5. The molecule has 1 saturated heterocycles. The average Bonchev–Trinajstić information content (AvgIpc) is 2.55. The second kappa shape index (κ2) is 6.35. The lowest BCUT2D eigenvalue weighted by Crippen LogP contribution is -2.27. The molecule has 0 spiro atoms. The quantitative estimate of drug-likeness (QED) is 0.633. The van der Waals surface area contributed by atoms with Crippen molar-refractivity contribution in [3.63, 3.8) is 0 Å². The molecule has 1 atom stereocenters. The van der Waals surface area contributed by atoms with E-state index in [-0.39, 0.29) is 0 Å². The van der Waals surface area contributed by atoms with Crippen LogP contribution in [-0.4, -0.2) is 38.5 Å². The van der Waals surface area contributed by atoms with Gasteiger partial charge in [-0.2, -0.15) is 0 Å². The van der Waals surface area contributed by atoms with E-state index >= 15 is 0 Å². The van der Waals surface area contributed by atoms with Crippen LogP contribution >= 0.6 is 0 Å². The van der Waals surface area contributed by atoms with Gasteiger partial charge in [-0.05, 0) is 33.2 Å². The van der Waals surface area contributed by atoms with Crippen LogP contribution in [0.3, 0.4) is 0 Å². The molecule has 0 amide bonds. The first kappa shape index (κ1) is 11.0. The summed E-state index contributed by atoms with van der Waals surface area (Å²) in [5.74, 6) is 0. The lowest BCUT2D eigenvalue weighted by atomic mass is 10.2. The van der Waals surface area contributed by atoms with Crippen LogP contribution in [0.2, 0.25) is 0 Å². The van der Waals surface area contributed by atoms with Gasteiger partial charge in [0.25, 0.3) is 0 Å². The highest BCUT2D eigenvalue weighted by Crippen LogP contribution is 2.04. The molecule has 0 radical (unpaired) electrons. The maximum atomic E-state index is 5.48. The van der Waals surface area contributed by atoms with Gasteiger partial charge in [0.2, 0.25) is 0 Å². The fraction of sp³-hybridized carbons (Fsp3) is 1.00. The van der Waals surface area contributed by atoms with Gasteiger partial charge >= 0.3 is 0 Å². The first-order chi connectivity index (χ1) is 6.29. The summed E-state index contributed by atoms with van der Waals surface area (Å²) in [5.41, 5.74) is 0. The summed E-state index contributed by atoms with van der Waals surface area (Å²) in [6, 6.07) is 0.582. The molecule has 0 aromatic rings. The van der Waals surface area contributed by atoms with E-state index < -0.39 is 0 Å². The highest BCUT2D eigenvalue weighted by Gasteiger charge is 2.13. The molecule has 3 nitrogen and oxygen atoms in total. The van der Waals surface area contributed by atoms with Crippen molar-refractivity contribution < 1.29 is 9.47 Å². The van der Waals surface area contributed by atoms with E-state index in [0.29, 0.717) is 18.8 Å². The zero-order valence-corrected chi connectivity index (χ0v) is 8.71. The number of hydrogen-bond acceptors (Lipinski definition) is 3. The van der Waals surface area contributed by atoms with E-state index in [0.717, 1.165) is 19.8 Å². The predicted octanol–water partition coefficient (Wildman–Crippen LogP) is 1.18. The van der Waals surface area contributed by atoms with E-state index in [1.807, 2.05) is 13.8 Å². The molecule has 0 aromatic carbocycles. The van der Waals surface area contributed by atoms with Crippen LogP contribution in [0.25, 0.3) is 0 Å². The monoisotopic (exact) mass is 187 g/mol. The van der Waals surface area contributed by atoms with Crippen molar-refractivity contribution in [1.29, 1.82) is 0 Å². The van der Waals surface area contributed by atoms with E-state index in [4.69, 9.17) is 9.47 Å². The Morgan fingerprint density at radius 1 is 1.38 bits per heavy atom. The van der Waals surface area contributed by atoms with Gasteiger partial charge in [-0.1, -0.05) is 0 Å². The van der Waals surface area contributed by atoms with Crippen molar-refractivity contribution in [1.82, 2.24) is 5.32 Å². The third-order valence-electron chi connectivity index (χ3n) is 2.16. The minimum absolute atomic E-state index is 0.313. The first-order valence-corrected chi connectivity index (χ1v) is 5.22. The van der Waals surface area contributed by atoms with Gasteiger partial charge in [0, 0.05) is 6.04 Å². The topological polar surface area (TPSA) is 30.5 Å². The number of nitrogens with one attached hydrogen (secondary N) is 1. The molecule has 0 aromatic heterocycles. The second-order valence-corrected chi connectivity index (χ2v) is 3.79. The molecule has 1 heterocycles. The smallest absolute Gasteiger partial charge is 0.0703 e. The van der Waals surface area contributed by atoms with Crippen molar-refractivity contribution in [2.24, 2.45) is 0 Å². The SMILES string of the molecule is CC(C)OCCOCC1CCCN1. The summed E-state index contributed by atoms with van der Waals surface area (Å²) in [7, 11) is 0. The predicted molar refractivity (Wildman–Crippen MR) is 52.9 cm³/mol. The van der Waals surface area contributed by atoms with Gasteiger partial charge in [-0.15, -0.1) is 0 Å². The first-order valence-electron chi connectivity index (χ1n) is 5.22. The molecule has 13 heavy (non-hydrogen) atoms. The third-order valence-corrected chi connectivity index (χ3v) is 2.16. The van der Waals surface area contributed by atoms with Crippen LogP contribution in [0.15, 0.2) is 0 Å². The Kier molecular flexibility index (Phi) is 5.35. The normalized spacial score (nSPS) is 22.8. The van der Waals surface area contributed by atoms with Crippen LogP contribution < -0.4 is 5.32 Å². The Hall–Kier alpha value is -0.120. The van der Waals surface area contributed by atoms with Gasteiger partial charge in [0.1, 0.15) is 0 Å². The largest absolute Gasteiger partial charge is 0.377 e. The zero-order valence-electron chi connectivity index (χ0n) is 8.71. The second-order valence-electron chi connectivity index (χ2n) is 3.79. The van der Waals surface area contributed by atoms with Gasteiger partial charge in [-0.3, -0.25) is 0 Å². The summed E-state index contributed by atoms with van der Waals surface area (Å²) in [5, 5.41) is 3.39. The van der Waals surface area contributed by atoms with Crippen LogP contribution in [0.5, 0.6) is 0 Å². The standard InChI is InChI=1S/C10H21NO2/c1-9(2)13-7-6-12-8-10-4-3-5-11-10/h9-11H,3-8H2,1-2H3. The van der Waals surface area contributed by atoms with Crippen LogP contribution in [-0.2, 0) is 9.47 Å². The van der Waals surface area contributed by atoms with Crippen molar-refractivity contribution in [3.8, 4) is 0 Å². The highest BCUT2D eigenvalue weighted by molar-refractivity contribution is 4.73. The fourth-order valence-corrected chi connectivity index (χ4v) is 1.47. The Balaban J connectivity index is 1.83. The molecule has 1 aliphatic heterocycles. The molecular formula is C10H21NO2. The number of hydrogen-bond donors (Lipinski definition) is 1. The summed E-state index contributed by atoms with van der Waals surface area (Å²) in [6.45, 7) is 7.50. The molecule has 0 bridgehead atoms. The minimum atomic E-state index is 0.313. The van der Waals surface area contributed by atoms with Crippen molar-refractivity contribution in [2.75, 3.05) is 26.4 Å². The summed E-state index contributed by atoms with van der Waals surface area (Å²) < 4.78 is 10.8. The molecule has 1 rings (SSSR count). The van der Waals surface area contributed by atoms with Crippen molar-refractivity contribution in [2.45, 2.75) is 38.8 Å². The molecule has 3 heteroatoms. The molecule has 0 saturated carbocycles. The third kappa shape index (κ3) is 5.24. The number of rotatable bonds is 6. The van der Waals surface area contributed by atoms with E-state index in [2.05, 4.69) is 5.32 Å². The van der Waals surface area contributed by atoms with Crippen LogP contribution in [0.4, 0.5) is 0 Å². The molecule has 1 fully saturated rings. The van der Waals surface area contributed by atoms with Crippen molar-refractivity contribution >= 4 is 0 Å². The summed E-state index contributed by atoms with van der Waals surface area (Å²) in [4.78, 5) is 0. The molecule has 1 unspecified atom stereocenters. The van der Waals surface area contributed by atoms with Crippen molar-refractivity contribution in [3.05, 3.63) is 0 Å². The Bertz CT molecular complexity index is 122.